The van der Waals surface area contributed by atoms with Gasteiger partial charge in [-0.15, -0.1) is 0 Å². The minimum Gasteiger partial charge on any atom is -0.386 e. The molecule has 1 aromatic carbocycles. The Kier molecular flexibility index (Phi) is 2.69. The van der Waals surface area contributed by atoms with Crippen LogP contribution in [0.4, 0.5) is 11.4 Å². The summed E-state index contributed by atoms with van der Waals surface area (Å²) in [6, 6.07) is 7.56. The molecule has 0 saturated carbocycles. The van der Waals surface area contributed by atoms with Gasteiger partial charge in [0.15, 0.2) is 0 Å². The van der Waals surface area contributed by atoms with Gasteiger partial charge >= 0.3 is 0 Å². The van der Waals surface area contributed by atoms with Crippen molar-refractivity contribution in [3.8, 4) is 0 Å². The third-order valence-electron chi connectivity index (χ3n) is 1.51. The van der Waals surface area contributed by atoms with E-state index in [0.717, 1.165) is 11.4 Å². The molecule has 0 saturated heterocycles. The first-order chi connectivity index (χ1) is 5.74. The van der Waals surface area contributed by atoms with Crippen molar-refractivity contribution >= 4 is 17.3 Å². The molecule has 3 nitrogen and oxygen atoms in total. The first-order valence-corrected chi connectivity index (χ1v) is 3.78. The van der Waals surface area contributed by atoms with Crippen LogP contribution in [0.3, 0.4) is 0 Å². The third kappa shape index (κ3) is 1.99. The fourth-order valence-electron chi connectivity index (χ4n) is 1.000. The van der Waals surface area contributed by atoms with Gasteiger partial charge in [0.25, 0.3) is 0 Å². The Bertz CT molecular complexity index is 284. The van der Waals surface area contributed by atoms with E-state index in [2.05, 4.69) is 10.6 Å². The zero-order valence-electron chi connectivity index (χ0n) is 7.22. The molecule has 0 aliphatic heterocycles. The van der Waals surface area contributed by atoms with Crippen molar-refractivity contribution in [2.45, 2.75) is 6.92 Å². The van der Waals surface area contributed by atoms with E-state index in [-0.39, 0.29) is 5.91 Å². The molecule has 64 valence electrons. The molecule has 3 heteroatoms. The lowest BCUT2D eigenvalue weighted by atomic mass is 10.2. The van der Waals surface area contributed by atoms with Crippen molar-refractivity contribution in [2.75, 3.05) is 17.7 Å². The van der Waals surface area contributed by atoms with Crippen molar-refractivity contribution in [3.63, 3.8) is 0 Å². The number of benzene rings is 1. The summed E-state index contributed by atoms with van der Waals surface area (Å²) in [7, 11) is 1.82. The molecule has 0 aliphatic rings. The highest BCUT2D eigenvalue weighted by atomic mass is 16.1. The summed E-state index contributed by atoms with van der Waals surface area (Å²) in [6.07, 6.45) is 0. The van der Waals surface area contributed by atoms with Crippen molar-refractivity contribution in [3.05, 3.63) is 24.3 Å². The Morgan fingerprint density at radius 1 is 1.25 bits per heavy atom. The second-order valence-corrected chi connectivity index (χ2v) is 2.48. The van der Waals surface area contributed by atoms with Gasteiger partial charge < -0.3 is 10.6 Å². The van der Waals surface area contributed by atoms with Gasteiger partial charge in [-0.25, -0.2) is 0 Å². The van der Waals surface area contributed by atoms with Crippen molar-refractivity contribution < 1.29 is 4.79 Å². The lowest BCUT2D eigenvalue weighted by Gasteiger charge is -2.07. The number of carbonyl (C=O) groups is 1. The van der Waals surface area contributed by atoms with Crippen LogP contribution in [0.2, 0.25) is 0 Å². The van der Waals surface area contributed by atoms with Crippen LogP contribution in [0.25, 0.3) is 0 Å². The smallest absolute Gasteiger partial charge is 0.221 e. The van der Waals surface area contributed by atoms with Crippen LogP contribution in [0.1, 0.15) is 6.92 Å². The molecule has 0 aliphatic carbocycles. The van der Waals surface area contributed by atoms with E-state index in [1.165, 1.54) is 6.92 Å². The maximum absolute atomic E-state index is 10.7. The summed E-state index contributed by atoms with van der Waals surface area (Å²) in [5.74, 6) is -0.0577. The summed E-state index contributed by atoms with van der Waals surface area (Å²) >= 11 is 0. The maximum atomic E-state index is 10.7. The summed E-state index contributed by atoms with van der Waals surface area (Å²) in [4.78, 5) is 10.7. The number of nitrogens with one attached hydrogen (secondary N) is 2. The maximum Gasteiger partial charge on any atom is 0.221 e. The molecule has 1 aromatic rings. The topological polar surface area (TPSA) is 41.1 Å². The quantitative estimate of drug-likeness (QED) is 0.698. The molecule has 0 heterocycles. The Labute approximate surface area is 71.8 Å². The zero-order valence-corrected chi connectivity index (χ0v) is 7.22. The number of anilines is 2. The van der Waals surface area contributed by atoms with E-state index in [1.807, 2.05) is 31.3 Å². The lowest BCUT2D eigenvalue weighted by Crippen LogP contribution is -2.07. The minimum absolute atomic E-state index is 0.0577. The monoisotopic (exact) mass is 164 g/mol. The molecule has 0 radical (unpaired) electrons. The van der Waals surface area contributed by atoms with Gasteiger partial charge in [-0.1, -0.05) is 12.1 Å². The molecule has 1 rings (SSSR count). The molecular formula is C9H12N2O. The van der Waals surface area contributed by atoms with E-state index < -0.39 is 0 Å². The molecule has 0 spiro atoms. The summed E-state index contributed by atoms with van der Waals surface area (Å²) in [5.41, 5.74) is 1.74. The lowest BCUT2D eigenvalue weighted by molar-refractivity contribution is -0.114. The van der Waals surface area contributed by atoms with Gasteiger partial charge in [0.05, 0.1) is 11.4 Å². The molecule has 0 aromatic heterocycles. The summed E-state index contributed by atoms with van der Waals surface area (Å²) in [6.45, 7) is 1.49. The normalized spacial score (nSPS) is 9.17. The summed E-state index contributed by atoms with van der Waals surface area (Å²) < 4.78 is 0. The van der Waals surface area contributed by atoms with Gasteiger partial charge in [0.1, 0.15) is 0 Å². The predicted octanol–water partition coefficient (Wildman–Crippen LogP) is 1.69. The molecule has 2 N–H and O–H groups in total. The average molecular weight is 164 g/mol. The standard InChI is InChI=1S/C9H12N2O/c1-7(12)11-9-6-4-3-5-8(9)10-2/h3-6,10H,1-2H3,(H,11,12). The van der Waals surface area contributed by atoms with Crippen LogP contribution < -0.4 is 10.6 Å². The molecule has 12 heavy (non-hydrogen) atoms. The third-order valence-corrected chi connectivity index (χ3v) is 1.51. The number of hydrogen-bond acceptors (Lipinski definition) is 2. The van der Waals surface area contributed by atoms with E-state index >= 15 is 0 Å². The van der Waals surface area contributed by atoms with Gasteiger partial charge in [-0.2, -0.15) is 0 Å². The number of para-hydroxylation sites is 2. The Morgan fingerprint density at radius 3 is 2.33 bits per heavy atom. The van der Waals surface area contributed by atoms with Gasteiger partial charge in [-0.3, -0.25) is 4.79 Å². The largest absolute Gasteiger partial charge is 0.386 e. The molecule has 0 unspecified atom stereocenters. The Balaban J connectivity index is 2.89. The highest BCUT2D eigenvalue weighted by Crippen LogP contribution is 2.19. The highest BCUT2D eigenvalue weighted by Gasteiger charge is 1.99. The van der Waals surface area contributed by atoms with Crippen LogP contribution in [-0.4, -0.2) is 13.0 Å². The number of amides is 1. The van der Waals surface area contributed by atoms with Crippen LogP contribution in [0, 0.1) is 0 Å². The molecular weight excluding hydrogens is 152 g/mol. The fourth-order valence-corrected chi connectivity index (χ4v) is 1.000. The second kappa shape index (κ2) is 3.76. The SMILES string of the molecule is CNc1ccccc1NC(C)=O. The van der Waals surface area contributed by atoms with Gasteiger partial charge in [0, 0.05) is 14.0 Å². The van der Waals surface area contributed by atoms with Gasteiger partial charge in [-0.05, 0) is 12.1 Å². The fraction of sp³-hybridized carbons (Fsp3) is 0.222. The van der Waals surface area contributed by atoms with Gasteiger partial charge in [0.2, 0.25) is 5.91 Å². The number of rotatable bonds is 2. The Hall–Kier alpha value is -1.51. The molecule has 0 fully saturated rings. The minimum atomic E-state index is -0.0577. The zero-order chi connectivity index (χ0) is 8.97. The second-order valence-electron chi connectivity index (χ2n) is 2.48. The van der Waals surface area contributed by atoms with E-state index in [0.29, 0.717) is 0 Å². The predicted molar refractivity (Wildman–Crippen MR) is 50.3 cm³/mol. The van der Waals surface area contributed by atoms with Crippen LogP contribution in [-0.2, 0) is 4.79 Å². The van der Waals surface area contributed by atoms with Crippen LogP contribution in [0.15, 0.2) is 24.3 Å². The molecule has 0 bridgehead atoms. The molecule has 1 amide bonds. The number of carbonyl (C=O) groups excluding carboxylic acids is 1. The van der Waals surface area contributed by atoms with Crippen molar-refractivity contribution in [2.24, 2.45) is 0 Å². The first kappa shape index (κ1) is 8.59. The van der Waals surface area contributed by atoms with Crippen molar-refractivity contribution in [1.29, 1.82) is 0 Å². The number of hydrogen-bond donors (Lipinski definition) is 2. The first-order valence-electron chi connectivity index (χ1n) is 3.78. The Morgan fingerprint density at radius 2 is 1.83 bits per heavy atom. The van der Waals surface area contributed by atoms with Crippen molar-refractivity contribution in [1.82, 2.24) is 0 Å². The van der Waals surface area contributed by atoms with Crippen LogP contribution >= 0.6 is 0 Å². The summed E-state index contributed by atoms with van der Waals surface area (Å²) in [5, 5.41) is 5.71. The van der Waals surface area contributed by atoms with Crippen LogP contribution in [0.5, 0.6) is 0 Å². The average Bonchev–Trinajstić information content (AvgIpc) is 2.04. The molecule has 0 atom stereocenters. The van der Waals surface area contributed by atoms with E-state index in [1.54, 1.807) is 0 Å². The van der Waals surface area contributed by atoms with E-state index in [9.17, 15) is 4.79 Å². The highest BCUT2D eigenvalue weighted by molar-refractivity contribution is 5.92. The van der Waals surface area contributed by atoms with E-state index in [4.69, 9.17) is 0 Å².